The van der Waals surface area contributed by atoms with Crippen molar-refractivity contribution in [2.24, 2.45) is 5.92 Å². The molecule has 1 unspecified atom stereocenters. The summed E-state index contributed by atoms with van der Waals surface area (Å²) in [6.45, 7) is 11.1. The zero-order valence-corrected chi connectivity index (χ0v) is 13.4. The van der Waals surface area contributed by atoms with Crippen LogP contribution < -0.4 is 0 Å². The Labute approximate surface area is 109 Å². The second-order valence-electron chi connectivity index (χ2n) is 5.89. The summed E-state index contributed by atoms with van der Waals surface area (Å²) in [6.07, 6.45) is 5.60. The van der Waals surface area contributed by atoms with Gasteiger partial charge in [-0.1, -0.05) is 47.2 Å². The highest BCUT2D eigenvalue weighted by Gasteiger charge is 2.14. The van der Waals surface area contributed by atoms with Crippen molar-refractivity contribution in [1.29, 1.82) is 0 Å². The smallest absolute Gasteiger partial charge is 0.0532 e. The van der Waals surface area contributed by atoms with Gasteiger partial charge in [-0.2, -0.15) is 0 Å². The molecule has 0 saturated heterocycles. The fraction of sp³-hybridized carbons (Fsp3) is 0.692. The van der Waals surface area contributed by atoms with Gasteiger partial charge in [-0.3, -0.25) is 0 Å². The van der Waals surface area contributed by atoms with E-state index in [9.17, 15) is 0 Å². The highest BCUT2D eigenvalue weighted by atomic mass is 79.9. The highest BCUT2D eigenvalue weighted by Crippen LogP contribution is 2.25. The van der Waals surface area contributed by atoms with Crippen LogP contribution in [0.15, 0.2) is 22.2 Å². The van der Waals surface area contributed by atoms with Gasteiger partial charge in [-0.05, 0) is 25.5 Å². The van der Waals surface area contributed by atoms with Crippen LogP contribution in [0, 0.1) is 5.92 Å². The molecule has 1 rings (SSSR count). The summed E-state index contributed by atoms with van der Waals surface area (Å²) in [5.41, 5.74) is 1.44. The lowest BCUT2D eigenvalue weighted by Gasteiger charge is -2.20. The summed E-state index contributed by atoms with van der Waals surface area (Å²) >= 11 is 3.55. The van der Waals surface area contributed by atoms with E-state index in [1.807, 2.05) is 0 Å². The van der Waals surface area contributed by atoms with Crippen molar-refractivity contribution in [2.45, 2.75) is 39.0 Å². The van der Waals surface area contributed by atoms with Crippen LogP contribution in [0.5, 0.6) is 0 Å². The molecule has 0 aromatic rings. The minimum atomic E-state index is -0.932. The molecule has 0 saturated carbocycles. The van der Waals surface area contributed by atoms with E-state index in [1.165, 1.54) is 16.1 Å². The van der Waals surface area contributed by atoms with Crippen molar-refractivity contribution in [3.8, 4) is 0 Å². The molecular formula is C13H23BrOSi. The molecule has 16 heavy (non-hydrogen) atoms. The van der Waals surface area contributed by atoms with E-state index in [0.717, 1.165) is 19.6 Å². The van der Waals surface area contributed by atoms with Crippen LogP contribution >= 0.6 is 15.9 Å². The predicted octanol–water partition coefficient (Wildman–Crippen LogP) is 4.59. The van der Waals surface area contributed by atoms with E-state index in [1.54, 1.807) is 0 Å². The molecule has 92 valence electrons. The Morgan fingerprint density at radius 1 is 1.44 bits per heavy atom. The molecule has 3 heteroatoms. The molecule has 1 nitrogen and oxygen atoms in total. The number of allylic oxidation sites excluding steroid dienone is 3. The zero-order chi connectivity index (χ0) is 12.2. The predicted molar refractivity (Wildman–Crippen MR) is 77.8 cm³/mol. The third-order valence-electron chi connectivity index (χ3n) is 2.69. The molecule has 0 spiro atoms. The van der Waals surface area contributed by atoms with Gasteiger partial charge in [-0.25, -0.2) is 0 Å². The Balaban J connectivity index is 2.22. The van der Waals surface area contributed by atoms with Crippen LogP contribution in [0.2, 0.25) is 25.7 Å². The third-order valence-corrected chi connectivity index (χ3v) is 4.89. The first kappa shape index (κ1) is 14.2. The summed E-state index contributed by atoms with van der Waals surface area (Å²) in [6, 6.07) is 1.26. The largest absolute Gasteiger partial charge is 0.381 e. The van der Waals surface area contributed by atoms with Crippen LogP contribution in [0.4, 0.5) is 0 Å². The Kier molecular flexibility index (Phi) is 5.48. The van der Waals surface area contributed by atoms with Crippen molar-refractivity contribution in [2.75, 3.05) is 13.2 Å². The van der Waals surface area contributed by atoms with E-state index in [2.05, 4.69) is 54.6 Å². The van der Waals surface area contributed by atoms with Gasteiger partial charge >= 0.3 is 0 Å². The van der Waals surface area contributed by atoms with Crippen LogP contribution in [0.3, 0.4) is 0 Å². The van der Waals surface area contributed by atoms with Crippen LogP contribution in [-0.2, 0) is 4.74 Å². The maximum atomic E-state index is 5.79. The number of rotatable bonds is 5. The van der Waals surface area contributed by atoms with E-state index in [-0.39, 0.29) is 0 Å². The van der Waals surface area contributed by atoms with Crippen LogP contribution in [0.25, 0.3) is 0 Å². The maximum Gasteiger partial charge on any atom is 0.0532 e. The molecule has 0 aromatic carbocycles. The lowest BCUT2D eigenvalue weighted by molar-refractivity contribution is 0.123. The lowest BCUT2D eigenvalue weighted by atomic mass is 9.96. The zero-order valence-electron chi connectivity index (χ0n) is 10.8. The molecule has 1 aliphatic carbocycles. The van der Waals surface area contributed by atoms with Crippen molar-refractivity contribution < 1.29 is 4.74 Å². The van der Waals surface area contributed by atoms with Gasteiger partial charge in [0.15, 0.2) is 0 Å². The first-order chi connectivity index (χ1) is 7.37. The summed E-state index contributed by atoms with van der Waals surface area (Å²) < 4.78 is 6.99. The minimum Gasteiger partial charge on any atom is -0.381 e. The summed E-state index contributed by atoms with van der Waals surface area (Å²) in [5.74, 6) is 0.556. The van der Waals surface area contributed by atoms with Gasteiger partial charge < -0.3 is 4.74 Å². The second kappa shape index (κ2) is 6.17. The standard InChI is InChI=1S/C13H23BrOSi/c1-11-7-12(9-13(14)8-11)10-15-5-6-16(2,3)4/h8-9,12H,5-7,10H2,1-4H3. The van der Waals surface area contributed by atoms with E-state index in [0.29, 0.717) is 5.92 Å². The molecule has 0 fully saturated rings. The molecule has 0 aliphatic heterocycles. The quantitative estimate of drug-likeness (QED) is 0.533. The average Bonchev–Trinajstić information content (AvgIpc) is 2.09. The van der Waals surface area contributed by atoms with Crippen molar-refractivity contribution >= 4 is 24.0 Å². The topological polar surface area (TPSA) is 9.23 Å². The Bertz CT molecular complexity index is 289. The monoisotopic (exact) mass is 302 g/mol. The Hall–Kier alpha value is 0.137. The minimum absolute atomic E-state index is 0.556. The first-order valence-electron chi connectivity index (χ1n) is 5.99. The van der Waals surface area contributed by atoms with Gasteiger partial charge in [0, 0.05) is 25.1 Å². The van der Waals surface area contributed by atoms with Gasteiger partial charge in [-0.15, -0.1) is 0 Å². The van der Waals surface area contributed by atoms with E-state index >= 15 is 0 Å². The first-order valence-corrected chi connectivity index (χ1v) is 10.5. The molecule has 0 N–H and O–H groups in total. The lowest BCUT2D eigenvalue weighted by Crippen LogP contribution is -2.22. The summed E-state index contributed by atoms with van der Waals surface area (Å²) in [7, 11) is -0.932. The van der Waals surface area contributed by atoms with Crippen molar-refractivity contribution in [3.63, 3.8) is 0 Å². The van der Waals surface area contributed by atoms with E-state index < -0.39 is 8.07 Å². The third kappa shape index (κ3) is 6.02. The molecular weight excluding hydrogens is 280 g/mol. The molecule has 0 radical (unpaired) electrons. The van der Waals surface area contributed by atoms with Gasteiger partial charge in [0.2, 0.25) is 0 Å². The highest BCUT2D eigenvalue weighted by molar-refractivity contribution is 9.11. The SMILES string of the molecule is CC1=CC(Br)=CC(COCC[Si](C)(C)C)C1. The number of hydrogen-bond donors (Lipinski definition) is 0. The molecule has 0 heterocycles. The fourth-order valence-electron chi connectivity index (χ4n) is 1.76. The average molecular weight is 303 g/mol. The summed E-state index contributed by atoms with van der Waals surface area (Å²) in [4.78, 5) is 0. The molecule has 0 bridgehead atoms. The molecule has 1 atom stereocenters. The van der Waals surface area contributed by atoms with E-state index in [4.69, 9.17) is 4.74 Å². The van der Waals surface area contributed by atoms with Gasteiger partial charge in [0.1, 0.15) is 0 Å². The Morgan fingerprint density at radius 3 is 2.69 bits per heavy atom. The van der Waals surface area contributed by atoms with Gasteiger partial charge in [0.05, 0.1) is 6.61 Å². The van der Waals surface area contributed by atoms with Crippen molar-refractivity contribution in [1.82, 2.24) is 0 Å². The van der Waals surface area contributed by atoms with Crippen LogP contribution in [-0.4, -0.2) is 21.3 Å². The fourth-order valence-corrected chi connectivity index (χ4v) is 3.28. The molecule has 0 amide bonds. The second-order valence-corrected chi connectivity index (χ2v) is 12.4. The number of halogens is 1. The maximum absolute atomic E-state index is 5.79. The normalized spacial score (nSPS) is 21.7. The van der Waals surface area contributed by atoms with Gasteiger partial charge in [0.25, 0.3) is 0 Å². The number of hydrogen-bond acceptors (Lipinski definition) is 1. The number of ether oxygens (including phenoxy) is 1. The summed E-state index contributed by atoms with van der Waals surface area (Å²) in [5, 5.41) is 0. The molecule has 0 aromatic heterocycles. The van der Waals surface area contributed by atoms with Crippen molar-refractivity contribution in [3.05, 3.63) is 22.2 Å². The van der Waals surface area contributed by atoms with Crippen LogP contribution in [0.1, 0.15) is 13.3 Å². The Morgan fingerprint density at radius 2 is 2.12 bits per heavy atom. The molecule has 1 aliphatic rings.